The van der Waals surface area contributed by atoms with Gasteiger partial charge in [0.05, 0.1) is 27.2 Å². The maximum atomic E-state index is 13.3. The topological polar surface area (TPSA) is 75.7 Å². The largest absolute Gasteiger partial charge is 0.494 e. The summed E-state index contributed by atoms with van der Waals surface area (Å²) in [5.74, 6) is 0.0651. The van der Waals surface area contributed by atoms with Crippen LogP contribution in [0.5, 0.6) is 5.75 Å². The molecule has 0 saturated heterocycles. The van der Waals surface area contributed by atoms with Crippen molar-refractivity contribution >= 4 is 50.5 Å². The average molecular weight is 479 g/mol. The summed E-state index contributed by atoms with van der Waals surface area (Å²) in [6, 6.07) is 19.1. The maximum absolute atomic E-state index is 13.3. The van der Waals surface area contributed by atoms with E-state index in [0.717, 1.165) is 4.31 Å². The minimum absolute atomic E-state index is 0.0752. The van der Waals surface area contributed by atoms with Crippen LogP contribution in [0.3, 0.4) is 0 Å². The first-order valence-corrected chi connectivity index (χ1v) is 11.6. The van der Waals surface area contributed by atoms with Gasteiger partial charge in [0.1, 0.15) is 12.3 Å². The predicted molar refractivity (Wildman–Crippen MR) is 124 cm³/mol. The third-order valence-electron chi connectivity index (χ3n) is 4.26. The summed E-state index contributed by atoms with van der Waals surface area (Å²) in [4.78, 5) is 12.8. The molecule has 3 rings (SSSR count). The zero-order valence-electron chi connectivity index (χ0n) is 16.6. The van der Waals surface area contributed by atoms with Gasteiger partial charge < -0.3 is 10.1 Å². The molecule has 1 amide bonds. The van der Waals surface area contributed by atoms with Gasteiger partial charge in [-0.1, -0.05) is 41.4 Å². The third kappa shape index (κ3) is 5.70. The molecule has 0 atom stereocenters. The monoisotopic (exact) mass is 478 g/mol. The van der Waals surface area contributed by atoms with Gasteiger partial charge in [0.15, 0.2) is 0 Å². The van der Waals surface area contributed by atoms with Crippen LogP contribution in [0.25, 0.3) is 0 Å². The second-order valence-electron chi connectivity index (χ2n) is 6.43. The van der Waals surface area contributed by atoms with Gasteiger partial charge in [0.2, 0.25) is 5.91 Å². The summed E-state index contributed by atoms with van der Waals surface area (Å²) < 4.78 is 33.1. The van der Waals surface area contributed by atoms with Crippen LogP contribution in [0.4, 0.5) is 11.4 Å². The maximum Gasteiger partial charge on any atom is 0.264 e. The number of carbonyl (C=O) groups is 1. The Hall–Kier alpha value is -2.74. The minimum atomic E-state index is -4.00. The summed E-state index contributed by atoms with van der Waals surface area (Å²) in [7, 11) is -4.00. The number of sulfonamides is 1. The molecule has 0 aliphatic rings. The van der Waals surface area contributed by atoms with Crippen LogP contribution in [0.1, 0.15) is 6.92 Å². The molecule has 0 heterocycles. The summed E-state index contributed by atoms with van der Waals surface area (Å²) in [6.07, 6.45) is 0. The normalized spacial score (nSPS) is 11.1. The van der Waals surface area contributed by atoms with Crippen molar-refractivity contribution in [3.8, 4) is 5.75 Å². The summed E-state index contributed by atoms with van der Waals surface area (Å²) in [6.45, 7) is 1.90. The summed E-state index contributed by atoms with van der Waals surface area (Å²) in [5, 5.41) is 3.28. The number of benzene rings is 3. The van der Waals surface area contributed by atoms with E-state index in [4.69, 9.17) is 27.9 Å². The first kappa shape index (κ1) is 22.9. The van der Waals surface area contributed by atoms with E-state index in [2.05, 4.69) is 5.32 Å². The molecule has 0 spiro atoms. The number of hydrogen-bond donors (Lipinski definition) is 1. The van der Waals surface area contributed by atoms with Crippen LogP contribution in [0, 0.1) is 0 Å². The zero-order valence-corrected chi connectivity index (χ0v) is 18.9. The molecule has 0 aliphatic carbocycles. The highest BCUT2D eigenvalue weighted by Crippen LogP contribution is 2.27. The van der Waals surface area contributed by atoms with E-state index in [9.17, 15) is 13.2 Å². The Kier molecular flexibility index (Phi) is 7.43. The van der Waals surface area contributed by atoms with E-state index in [0.29, 0.717) is 28.8 Å². The summed E-state index contributed by atoms with van der Waals surface area (Å²) >= 11 is 11.9. The fraction of sp³-hybridized carbons (Fsp3) is 0.136. The van der Waals surface area contributed by atoms with Crippen molar-refractivity contribution < 1.29 is 17.9 Å². The van der Waals surface area contributed by atoms with E-state index >= 15 is 0 Å². The molecule has 0 radical (unpaired) electrons. The first-order chi connectivity index (χ1) is 14.8. The Bertz CT molecular complexity index is 1150. The van der Waals surface area contributed by atoms with Crippen LogP contribution in [-0.2, 0) is 14.8 Å². The van der Waals surface area contributed by atoms with Gasteiger partial charge >= 0.3 is 0 Å². The van der Waals surface area contributed by atoms with Crippen LogP contribution >= 0.6 is 23.2 Å². The van der Waals surface area contributed by atoms with Crippen molar-refractivity contribution in [3.63, 3.8) is 0 Å². The van der Waals surface area contributed by atoms with E-state index in [1.165, 1.54) is 18.2 Å². The molecule has 162 valence electrons. The van der Waals surface area contributed by atoms with Crippen molar-refractivity contribution in [3.05, 3.63) is 82.8 Å². The molecule has 0 saturated carbocycles. The molecule has 0 fully saturated rings. The summed E-state index contributed by atoms with van der Waals surface area (Å²) in [5.41, 5.74) is 0.736. The van der Waals surface area contributed by atoms with Crippen molar-refractivity contribution in [1.82, 2.24) is 0 Å². The SMILES string of the molecule is CCOc1ccc(N(CC(=O)Nc2ccc(Cl)c(Cl)c2)S(=O)(=O)c2ccccc2)cc1. The molecule has 31 heavy (non-hydrogen) atoms. The Morgan fingerprint density at radius 3 is 2.26 bits per heavy atom. The van der Waals surface area contributed by atoms with E-state index in [-0.39, 0.29) is 9.92 Å². The van der Waals surface area contributed by atoms with Crippen LogP contribution in [0.2, 0.25) is 10.0 Å². The van der Waals surface area contributed by atoms with Crippen LogP contribution < -0.4 is 14.4 Å². The number of hydrogen-bond acceptors (Lipinski definition) is 4. The molecular formula is C22H20Cl2N2O4S. The molecule has 6 nitrogen and oxygen atoms in total. The fourth-order valence-electron chi connectivity index (χ4n) is 2.81. The molecule has 0 aromatic heterocycles. The van der Waals surface area contributed by atoms with Gasteiger partial charge in [-0.3, -0.25) is 9.10 Å². The van der Waals surface area contributed by atoms with Gasteiger partial charge in [0, 0.05) is 5.69 Å². The number of anilines is 2. The second kappa shape index (κ2) is 10.0. The van der Waals surface area contributed by atoms with Gasteiger partial charge in [0.25, 0.3) is 10.0 Å². The number of rotatable bonds is 8. The third-order valence-corrected chi connectivity index (χ3v) is 6.78. The number of ether oxygens (including phenoxy) is 1. The van der Waals surface area contributed by atoms with Crippen molar-refractivity contribution in [2.45, 2.75) is 11.8 Å². The Morgan fingerprint density at radius 2 is 1.65 bits per heavy atom. The number of amides is 1. The fourth-order valence-corrected chi connectivity index (χ4v) is 4.55. The van der Waals surface area contributed by atoms with Crippen molar-refractivity contribution in [2.75, 3.05) is 22.8 Å². The first-order valence-electron chi connectivity index (χ1n) is 9.37. The number of carbonyl (C=O) groups excluding carboxylic acids is 1. The Balaban J connectivity index is 1.91. The Labute approximate surface area is 191 Å². The van der Waals surface area contributed by atoms with Gasteiger partial charge in [-0.15, -0.1) is 0 Å². The molecule has 9 heteroatoms. The zero-order chi connectivity index (χ0) is 22.4. The number of nitrogens with zero attached hydrogens (tertiary/aromatic N) is 1. The quantitative estimate of drug-likeness (QED) is 0.480. The average Bonchev–Trinajstić information content (AvgIpc) is 2.76. The van der Waals surface area contributed by atoms with E-state index in [1.54, 1.807) is 54.6 Å². The van der Waals surface area contributed by atoms with Gasteiger partial charge in [-0.25, -0.2) is 8.42 Å². The number of halogens is 2. The standard InChI is InChI=1S/C22H20Cl2N2O4S/c1-2-30-18-11-9-17(10-12-18)26(31(28,29)19-6-4-3-5-7-19)15-22(27)25-16-8-13-20(23)21(24)14-16/h3-14H,2,15H2,1H3,(H,25,27). The lowest BCUT2D eigenvalue weighted by Crippen LogP contribution is -2.38. The second-order valence-corrected chi connectivity index (χ2v) is 9.11. The molecule has 0 bridgehead atoms. The highest BCUT2D eigenvalue weighted by atomic mass is 35.5. The molecule has 1 N–H and O–H groups in total. The van der Waals surface area contributed by atoms with E-state index in [1.807, 2.05) is 6.92 Å². The van der Waals surface area contributed by atoms with Crippen molar-refractivity contribution in [1.29, 1.82) is 0 Å². The van der Waals surface area contributed by atoms with E-state index < -0.39 is 22.5 Å². The molecule has 3 aromatic carbocycles. The smallest absolute Gasteiger partial charge is 0.264 e. The molecule has 0 aliphatic heterocycles. The lowest BCUT2D eigenvalue weighted by molar-refractivity contribution is -0.114. The molecule has 0 unspecified atom stereocenters. The number of nitrogens with one attached hydrogen (secondary N) is 1. The highest BCUT2D eigenvalue weighted by molar-refractivity contribution is 7.92. The van der Waals surface area contributed by atoms with Gasteiger partial charge in [-0.2, -0.15) is 0 Å². The minimum Gasteiger partial charge on any atom is -0.494 e. The van der Waals surface area contributed by atoms with Gasteiger partial charge in [-0.05, 0) is 61.5 Å². The lowest BCUT2D eigenvalue weighted by Gasteiger charge is -2.24. The van der Waals surface area contributed by atoms with Crippen molar-refractivity contribution in [2.24, 2.45) is 0 Å². The lowest BCUT2D eigenvalue weighted by atomic mass is 10.3. The molecule has 3 aromatic rings. The Morgan fingerprint density at radius 1 is 0.968 bits per heavy atom. The predicted octanol–water partition coefficient (Wildman–Crippen LogP) is 5.23. The van der Waals surface area contributed by atoms with Crippen LogP contribution in [0.15, 0.2) is 77.7 Å². The highest BCUT2D eigenvalue weighted by Gasteiger charge is 2.27. The molecular weight excluding hydrogens is 459 g/mol. The van der Waals surface area contributed by atoms with Crippen LogP contribution in [-0.4, -0.2) is 27.5 Å².